The van der Waals surface area contributed by atoms with Gasteiger partial charge in [0.25, 0.3) is 5.91 Å². The lowest BCUT2D eigenvalue weighted by molar-refractivity contribution is -0.134. The Balaban J connectivity index is 1.98. The van der Waals surface area contributed by atoms with Crippen LogP contribution in [0.1, 0.15) is 31.7 Å². The van der Waals surface area contributed by atoms with Gasteiger partial charge in [0.2, 0.25) is 0 Å². The average Bonchev–Trinajstić information content (AvgIpc) is 2.93. The van der Waals surface area contributed by atoms with Gasteiger partial charge in [0.05, 0.1) is 5.56 Å². The summed E-state index contributed by atoms with van der Waals surface area (Å²) in [4.78, 5) is 14.4. The third kappa shape index (κ3) is 3.28. The van der Waals surface area contributed by atoms with Crippen LogP contribution in [0.2, 0.25) is 0 Å². The minimum absolute atomic E-state index is 0.0343. The molecule has 1 saturated heterocycles. The van der Waals surface area contributed by atoms with E-state index in [0.29, 0.717) is 17.4 Å². The van der Waals surface area contributed by atoms with E-state index >= 15 is 0 Å². The Hall–Kier alpha value is -1.62. The number of carbonyl (C=O) groups is 1. The van der Waals surface area contributed by atoms with Crippen molar-refractivity contribution in [2.24, 2.45) is 5.73 Å². The number of nitrogens with zero attached hydrogens (tertiary/aromatic N) is 1. The molecule has 1 fully saturated rings. The molecule has 1 aromatic rings. The fourth-order valence-electron chi connectivity index (χ4n) is 2.61. The quantitative estimate of drug-likeness (QED) is 0.844. The van der Waals surface area contributed by atoms with Crippen LogP contribution in [0.4, 0.5) is 0 Å². The molecule has 0 bridgehead atoms. The molecule has 2 rings (SSSR count). The van der Waals surface area contributed by atoms with Crippen molar-refractivity contribution in [3.8, 4) is 5.75 Å². The van der Waals surface area contributed by atoms with Crippen LogP contribution in [0.3, 0.4) is 0 Å². The van der Waals surface area contributed by atoms with E-state index in [-0.39, 0.29) is 17.5 Å². The topological polar surface area (TPSA) is 55.6 Å². The SMILES string of the molecule is CCC1CCCN1C(=O)COc1ccccc1C(N)=S. The van der Waals surface area contributed by atoms with Gasteiger partial charge in [0, 0.05) is 12.6 Å². The van der Waals surface area contributed by atoms with E-state index in [1.165, 1.54) is 0 Å². The monoisotopic (exact) mass is 292 g/mol. The second-order valence-corrected chi connectivity index (χ2v) is 5.38. The molecule has 1 atom stereocenters. The molecule has 0 spiro atoms. The molecule has 4 nitrogen and oxygen atoms in total. The second kappa shape index (κ2) is 6.70. The highest BCUT2D eigenvalue weighted by Gasteiger charge is 2.27. The molecule has 20 heavy (non-hydrogen) atoms. The number of amides is 1. The fraction of sp³-hybridized carbons (Fsp3) is 0.467. The van der Waals surface area contributed by atoms with Crippen molar-refractivity contribution in [1.29, 1.82) is 0 Å². The Morgan fingerprint density at radius 1 is 1.50 bits per heavy atom. The number of carbonyl (C=O) groups excluding carboxylic acids is 1. The van der Waals surface area contributed by atoms with E-state index in [2.05, 4.69) is 6.92 Å². The van der Waals surface area contributed by atoms with E-state index in [1.807, 2.05) is 17.0 Å². The Kier molecular flexibility index (Phi) is 4.95. The van der Waals surface area contributed by atoms with Crippen LogP contribution in [-0.4, -0.2) is 35.0 Å². The lowest BCUT2D eigenvalue weighted by Gasteiger charge is -2.23. The van der Waals surface area contributed by atoms with E-state index in [4.69, 9.17) is 22.7 Å². The van der Waals surface area contributed by atoms with Crippen LogP contribution >= 0.6 is 12.2 Å². The Morgan fingerprint density at radius 2 is 2.25 bits per heavy atom. The highest BCUT2D eigenvalue weighted by molar-refractivity contribution is 7.80. The maximum Gasteiger partial charge on any atom is 0.260 e. The largest absolute Gasteiger partial charge is 0.483 e. The van der Waals surface area contributed by atoms with Gasteiger partial charge in [-0.3, -0.25) is 4.79 Å². The van der Waals surface area contributed by atoms with E-state index in [1.54, 1.807) is 12.1 Å². The normalized spacial score (nSPS) is 18.1. The molecule has 1 unspecified atom stereocenters. The van der Waals surface area contributed by atoms with E-state index in [0.717, 1.165) is 25.8 Å². The molecular weight excluding hydrogens is 272 g/mol. The summed E-state index contributed by atoms with van der Waals surface area (Å²) in [7, 11) is 0. The Bertz CT molecular complexity index is 504. The molecule has 108 valence electrons. The van der Waals surface area contributed by atoms with Crippen molar-refractivity contribution in [1.82, 2.24) is 4.90 Å². The average molecular weight is 292 g/mol. The predicted molar refractivity (Wildman–Crippen MR) is 82.9 cm³/mol. The smallest absolute Gasteiger partial charge is 0.260 e. The fourth-order valence-corrected chi connectivity index (χ4v) is 2.78. The van der Waals surface area contributed by atoms with Crippen molar-refractivity contribution >= 4 is 23.1 Å². The number of rotatable bonds is 5. The van der Waals surface area contributed by atoms with Gasteiger partial charge in [-0.1, -0.05) is 31.3 Å². The number of hydrogen-bond donors (Lipinski definition) is 1. The van der Waals surface area contributed by atoms with Gasteiger partial charge in [0.1, 0.15) is 10.7 Å². The lowest BCUT2D eigenvalue weighted by Crippen LogP contribution is -2.38. The van der Waals surface area contributed by atoms with Crippen molar-refractivity contribution in [3.63, 3.8) is 0 Å². The summed E-state index contributed by atoms with van der Waals surface area (Å²) < 4.78 is 5.61. The summed E-state index contributed by atoms with van der Waals surface area (Å²) >= 11 is 4.98. The first-order valence-electron chi connectivity index (χ1n) is 6.94. The number of benzene rings is 1. The Morgan fingerprint density at radius 3 is 2.95 bits per heavy atom. The number of ether oxygens (including phenoxy) is 1. The molecule has 2 N–H and O–H groups in total. The van der Waals surface area contributed by atoms with E-state index < -0.39 is 0 Å². The molecule has 1 aliphatic heterocycles. The van der Waals surface area contributed by atoms with Gasteiger partial charge < -0.3 is 15.4 Å². The standard InChI is InChI=1S/C15H20N2O2S/c1-2-11-6-5-9-17(11)14(18)10-19-13-8-4-3-7-12(13)15(16)20/h3-4,7-8,11H,2,5-6,9-10H2,1H3,(H2,16,20). The summed E-state index contributed by atoms with van der Waals surface area (Å²) in [6.45, 7) is 2.98. The predicted octanol–water partition coefficient (Wildman–Crippen LogP) is 2.10. The molecule has 0 aromatic heterocycles. The van der Waals surface area contributed by atoms with Gasteiger partial charge in [-0.05, 0) is 31.4 Å². The molecule has 1 aromatic carbocycles. The zero-order valence-corrected chi connectivity index (χ0v) is 12.5. The zero-order chi connectivity index (χ0) is 14.5. The number of likely N-dealkylation sites (tertiary alicyclic amines) is 1. The maximum absolute atomic E-state index is 12.2. The first kappa shape index (κ1) is 14.8. The van der Waals surface area contributed by atoms with Crippen LogP contribution in [0.5, 0.6) is 5.75 Å². The first-order valence-corrected chi connectivity index (χ1v) is 7.35. The Labute approximate surface area is 124 Å². The van der Waals surface area contributed by atoms with Crippen molar-refractivity contribution in [2.45, 2.75) is 32.2 Å². The minimum Gasteiger partial charge on any atom is -0.483 e. The third-order valence-electron chi connectivity index (χ3n) is 3.67. The molecule has 5 heteroatoms. The van der Waals surface area contributed by atoms with Crippen LogP contribution in [0, 0.1) is 0 Å². The number of thiocarbonyl (C=S) groups is 1. The van der Waals surface area contributed by atoms with E-state index in [9.17, 15) is 4.79 Å². The van der Waals surface area contributed by atoms with Gasteiger partial charge in [0.15, 0.2) is 6.61 Å². The maximum atomic E-state index is 12.2. The van der Waals surface area contributed by atoms with Crippen molar-refractivity contribution in [3.05, 3.63) is 29.8 Å². The molecule has 0 saturated carbocycles. The van der Waals surface area contributed by atoms with Crippen LogP contribution in [0.15, 0.2) is 24.3 Å². The third-order valence-corrected chi connectivity index (χ3v) is 3.89. The minimum atomic E-state index is 0.0343. The van der Waals surface area contributed by atoms with Crippen LogP contribution < -0.4 is 10.5 Å². The number of para-hydroxylation sites is 1. The number of hydrogen-bond acceptors (Lipinski definition) is 3. The molecule has 1 heterocycles. The summed E-state index contributed by atoms with van der Waals surface area (Å²) in [5.41, 5.74) is 6.31. The number of nitrogens with two attached hydrogens (primary N) is 1. The molecular formula is C15H20N2O2S. The zero-order valence-electron chi connectivity index (χ0n) is 11.7. The van der Waals surface area contributed by atoms with Crippen LogP contribution in [-0.2, 0) is 4.79 Å². The molecule has 1 aliphatic rings. The van der Waals surface area contributed by atoms with Gasteiger partial charge in [-0.15, -0.1) is 0 Å². The first-order chi connectivity index (χ1) is 9.63. The van der Waals surface area contributed by atoms with Crippen molar-refractivity contribution < 1.29 is 9.53 Å². The second-order valence-electron chi connectivity index (χ2n) is 4.94. The van der Waals surface area contributed by atoms with Gasteiger partial charge in [-0.2, -0.15) is 0 Å². The summed E-state index contributed by atoms with van der Waals surface area (Å²) in [5.74, 6) is 0.604. The molecule has 0 radical (unpaired) electrons. The summed E-state index contributed by atoms with van der Waals surface area (Å²) in [6, 6.07) is 7.62. The highest BCUT2D eigenvalue weighted by atomic mass is 32.1. The molecule has 0 aliphatic carbocycles. The summed E-state index contributed by atoms with van der Waals surface area (Å²) in [6.07, 6.45) is 3.16. The lowest BCUT2D eigenvalue weighted by atomic mass is 10.2. The van der Waals surface area contributed by atoms with Crippen molar-refractivity contribution in [2.75, 3.05) is 13.2 Å². The van der Waals surface area contributed by atoms with Gasteiger partial charge >= 0.3 is 0 Å². The molecule has 1 amide bonds. The van der Waals surface area contributed by atoms with Crippen LogP contribution in [0.25, 0.3) is 0 Å². The van der Waals surface area contributed by atoms with Gasteiger partial charge in [-0.25, -0.2) is 0 Å². The summed E-state index contributed by atoms with van der Waals surface area (Å²) in [5, 5.41) is 0. The highest BCUT2D eigenvalue weighted by Crippen LogP contribution is 2.21.